The predicted octanol–water partition coefficient (Wildman–Crippen LogP) is 2.74. The normalized spacial score (nSPS) is 12.9. The van der Waals surface area contributed by atoms with Crippen molar-refractivity contribution < 1.29 is 15.0 Å². The molecule has 0 aliphatic rings. The van der Waals surface area contributed by atoms with Crippen molar-refractivity contribution in [2.75, 3.05) is 0 Å². The Kier molecular flexibility index (Phi) is 3.32. The summed E-state index contributed by atoms with van der Waals surface area (Å²) in [5.74, 6) is -0.927. The third kappa shape index (κ3) is 2.09. The summed E-state index contributed by atoms with van der Waals surface area (Å²) in [7, 11) is 0. The molecule has 0 amide bonds. The Balaban J connectivity index is 2.77. The molecule has 18 heavy (non-hydrogen) atoms. The first kappa shape index (κ1) is 12.9. The van der Waals surface area contributed by atoms with E-state index in [0.29, 0.717) is 10.6 Å². The average Bonchev–Trinajstić information content (AvgIpc) is 2.62. The maximum atomic E-state index is 10.9. The minimum Gasteiger partial charge on any atom is -0.480 e. The van der Waals surface area contributed by atoms with E-state index in [1.54, 1.807) is 23.8 Å². The SMILES string of the molecule is Cc1c(Cl)ccc2c(C(C)O)cn(CC(=O)O)c12. The molecule has 1 aromatic carbocycles. The summed E-state index contributed by atoms with van der Waals surface area (Å²) in [5.41, 5.74) is 2.30. The Bertz CT molecular complexity index is 616. The molecule has 0 aliphatic heterocycles. The number of benzene rings is 1. The molecule has 0 bridgehead atoms. The van der Waals surface area contributed by atoms with Gasteiger partial charge in [0.1, 0.15) is 6.54 Å². The van der Waals surface area contributed by atoms with Crippen LogP contribution >= 0.6 is 11.6 Å². The fraction of sp³-hybridized carbons (Fsp3) is 0.308. The molecule has 0 aliphatic carbocycles. The molecular formula is C13H14ClNO3. The molecule has 5 heteroatoms. The number of halogens is 1. The van der Waals surface area contributed by atoms with Crippen LogP contribution in [0.3, 0.4) is 0 Å². The molecule has 0 saturated heterocycles. The van der Waals surface area contributed by atoms with Gasteiger partial charge in [0, 0.05) is 22.2 Å². The first-order chi connectivity index (χ1) is 8.41. The lowest BCUT2D eigenvalue weighted by Crippen LogP contribution is -2.08. The molecule has 1 unspecified atom stereocenters. The standard InChI is InChI=1S/C13H14ClNO3/c1-7-11(14)4-3-9-10(8(2)16)5-15(13(7)9)6-12(17)18/h3-5,8,16H,6H2,1-2H3,(H,17,18). The Labute approximate surface area is 109 Å². The summed E-state index contributed by atoms with van der Waals surface area (Å²) in [6.07, 6.45) is 1.02. The van der Waals surface area contributed by atoms with E-state index < -0.39 is 12.1 Å². The van der Waals surface area contributed by atoms with Gasteiger partial charge in [-0.25, -0.2) is 0 Å². The van der Waals surface area contributed by atoms with E-state index >= 15 is 0 Å². The van der Waals surface area contributed by atoms with Crippen molar-refractivity contribution in [2.24, 2.45) is 0 Å². The molecule has 0 fully saturated rings. The van der Waals surface area contributed by atoms with Crippen LogP contribution in [-0.4, -0.2) is 20.7 Å². The number of aliphatic hydroxyl groups is 1. The first-order valence-corrected chi connectivity index (χ1v) is 5.97. The van der Waals surface area contributed by atoms with E-state index in [4.69, 9.17) is 16.7 Å². The van der Waals surface area contributed by atoms with Gasteiger partial charge >= 0.3 is 5.97 Å². The van der Waals surface area contributed by atoms with E-state index in [-0.39, 0.29) is 6.54 Å². The Morgan fingerprint density at radius 1 is 1.50 bits per heavy atom. The van der Waals surface area contributed by atoms with Gasteiger partial charge in [-0.15, -0.1) is 0 Å². The second-order valence-electron chi connectivity index (χ2n) is 4.35. The fourth-order valence-corrected chi connectivity index (χ4v) is 2.34. The quantitative estimate of drug-likeness (QED) is 0.899. The van der Waals surface area contributed by atoms with Gasteiger partial charge < -0.3 is 14.8 Å². The molecule has 0 saturated carbocycles. The molecule has 1 atom stereocenters. The van der Waals surface area contributed by atoms with Gasteiger partial charge in [0.2, 0.25) is 0 Å². The first-order valence-electron chi connectivity index (χ1n) is 5.59. The predicted molar refractivity (Wildman–Crippen MR) is 70.0 cm³/mol. The lowest BCUT2D eigenvalue weighted by atomic mass is 10.1. The molecule has 2 aromatic rings. The van der Waals surface area contributed by atoms with E-state index in [0.717, 1.165) is 16.5 Å². The zero-order valence-corrected chi connectivity index (χ0v) is 10.9. The summed E-state index contributed by atoms with van der Waals surface area (Å²) in [4.78, 5) is 10.9. The number of aromatic nitrogens is 1. The third-order valence-corrected chi connectivity index (χ3v) is 3.42. The summed E-state index contributed by atoms with van der Waals surface area (Å²) >= 11 is 6.06. The van der Waals surface area contributed by atoms with Crippen LogP contribution in [0.4, 0.5) is 0 Å². The number of hydrogen-bond donors (Lipinski definition) is 2. The Morgan fingerprint density at radius 2 is 2.17 bits per heavy atom. The van der Waals surface area contributed by atoms with Crippen LogP contribution in [0, 0.1) is 6.92 Å². The van der Waals surface area contributed by atoms with Crippen LogP contribution in [0.15, 0.2) is 18.3 Å². The van der Waals surface area contributed by atoms with Gasteiger partial charge in [0.15, 0.2) is 0 Å². The molecule has 1 aromatic heterocycles. The van der Waals surface area contributed by atoms with Crippen molar-refractivity contribution in [1.29, 1.82) is 0 Å². The van der Waals surface area contributed by atoms with Crippen molar-refractivity contribution >= 4 is 28.5 Å². The maximum Gasteiger partial charge on any atom is 0.323 e. The highest BCUT2D eigenvalue weighted by molar-refractivity contribution is 6.32. The molecule has 0 radical (unpaired) electrons. The smallest absolute Gasteiger partial charge is 0.323 e. The maximum absolute atomic E-state index is 10.9. The van der Waals surface area contributed by atoms with Crippen LogP contribution in [0.25, 0.3) is 10.9 Å². The topological polar surface area (TPSA) is 62.5 Å². The molecule has 96 valence electrons. The summed E-state index contributed by atoms with van der Waals surface area (Å²) < 4.78 is 1.61. The van der Waals surface area contributed by atoms with Gasteiger partial charge in [-0.1, -0.05) is 17.7 Å². The van der Waals surface area contributed by atoms with Gasteiger partial charge in [0.25, 0.3) is 0 Å². The summed E-state index contributed by atoms with van der Waals surface area (Å²) in [6.45, 7) is 3.35. The zero-order chi connectivity index (χ0) is 13.4. The third-order valence-electron chi connectivity index (χ3n) is 3.01. The van der Waals surface area contributed by atoms with Crippen molar-refractivity contribution in [2.45, 2.75) is 26.5 Å². The highest BCUT2D eigenvalue weighted by atomic mass is 35.5. The van der Waals surface area contributed by atoms with E-state index in [9.17, 15) is 9.90 Å². The van der Waals surface area contributed by atoms with Gasteiger partial charge in [-0.05, 0) is 25.5 Å². The average molecular weight is 268 g/mol. The number of hydrogen-bond acceptors (Lipinski definition) is 2. The summed E-state index contributed by atoms with van der Waals surface area (Å²) in [6, 6.07) is 3.57. The lowest BCUT2D eigenvalue weighted by molar-refractivity contribution is -0.137. The molecule has 1 heterocycles. The number of aliphatic carboxylic acids is 1. The van der Waals surface area contributed by atoms with Crippen molar-refractivity contribution in [3.8, 4) is 0 Å². The fourth-order valence-electron chi connectivity index (χ4n) is 2.18. The lowest BCUT2D eigenvalue weighted by Gasteiger charge is -2.06. The van der Waals surface area contributed by atoms with Crippen LogP contribution in [-0.2, 0) is 11.3 Å². The summed E-state index contributed by atoms with van der Waals surface area (Å²) in [5, 5.41) is 20.1. The highest BCUT2D eigenvalue weighted by Crippen LogP contribution is 2.32. The van der Waals surface area contributed by atoms with Gasteiger partial charge in [0.05, 0.1) is 11.6 Å². The number of aryl methyl sites for hydroxylation is 1. The minimum absolute atomic E-state index is 0.148. The zero-order valence-electron chi connectivity index (χ0n) is 10.1. The molecule has 2 N–H and O–H groups in total. The second kappa shape index (κ2) is 4.63. The Morgan fingerprint density at radius 3 is 2.72 bits per heavy atom. The van der Waals surface area contributed by atoms with Crippen molar-refractivity contribution in [3.05, 3.63) is 34.5 Å². The molecule has 2 rings (SSSR count). The van der Waals surface area contributed by atoms with Crippen LogP contribution < -0.4 is 0 Å². The molecular weight excluding hydrogens is 254 g/mol. The van der Waals surface area contributed by atoms with Crippen LogP contribution in [0.1, 0.15) is 24.2 Å². The monoisotopic (exact) mass is 267 g/mol. The molecule has 0 spiro atoms. The number of rotatable bonds is 3. The minimum atomic E-state index is -0.927. The number of carboxylic acids is 1. The van der Waals surface area contributed by atoms with E-state index in [1.807, 2.05) is 13.0 Å². The second-order valence-corrected chi connectivity index (χ2v) is 4.76. The number of carboxylic acid groups (broad SMARTS) is 1. The number of fused-ring (bicyclic) bond motifs is 1. The van der Waals surface area contributed by atoms with E-state index in [1.165, 1.54) is 0 Å². The van der Waals surface area contributed by atoms with Crippen LogP contribution in [0.2, 0.25) is 5.02 Å². The van der Waals surface area contributed by atoms with Crippen LogP contribution in [0.5, 0.6) is 0 Å². The largest absolute Gasteiger partial charge is 0.480 e. The van der Waals surface area contributed by atoms with Crippen molar-refractivity contribution in [3.63, 3.8) is 0 Å². The number of carbonyl (C=O) groups is 1. The highest BCUT2D eigenvalue weighted by Gasteiger charge is 2.16. The van der Waals surface area contributed by atoms with Gasteiger partial charge in [-0.2, -0.15) is 0 Å². The number of aliphatic hydroxyl groups excluding tert-OH is 1. The number of nitrogens with zero attached hydrogens (tertiary/aromatic N) is 1. The van der Waals surface area contributed by atoms with E-state index in [2.05, 4.69) is 0 Å². The Hall–Kier alpha value is -1.52. The van der Waals surface area contributed by atoms with Gasteiger partial charge in [-0.3, -0.25) is 4.79 Å². The van der Waals surface area contributed by atoms with Crippen molar-refractivity contribution in [1.82, 2.24) is 4.57 Å². The molecule has 4 nitrogen and oxygen atoms in total.